The van der Waals surface area contributed by atoms with Crippen LogP contribution in [0.2, 0.25) is 0 Å². The molecule has 0 aliphatic rings. The highest BCUT2D eigenvalue weighted by molar-refractivity contribution is 7.85. The number of amides is 1. The van der Waals surface area contributed by atoms with E-state index in [-0.39, 0.29) is 10.5 Å². The molecule has 0 radical (unpaired) electrons. The number of carbonyl (C=O) groups is 1. The number of nitrogens with two attached hydrogens (primary N) is 1. The van der Waals surface area contributed by atoms with Gasteiger partial charge < -0.3 is 11.1 Å². The maximum atomic E-state index is 11.9. The van der Waals surface area contributed by atoms with Crippen molar-refractivity contribution in [3.8, 4) is 0 Å². The van der Waals surface area contributed by atoms with Crippen LogP contribution in [0.15, 0.2) is 89.8 Å². The molecule has 3 aromatic rings. The molecule has 3 rings (SSSR count). The lowest BCUT2D eigenvalue weighted by atomic mass is 10.2. The first-order valence-corrected chi connectivity index (χ1v) is 9.05. The van der Waals surface area contributed by atoms with Gasteiger partial charge in [-0.3, -0.25) is 9.35 Å². The van der Waals surface area contributed by atoms with E-state index in [2.05, 4.69) is 5.32 Å². The van der Waals surface area contributed by atoms with E-state index in [4.69, 9.17) is 10.3 Å². The lowest BCUT2D eigenvalue weighted by molar-refractivity contribution is 0.102. The van der Waals surface area contributed by atoms with Crippen molar-refractivity contribution in [2.75, 3.05) is 11.1 Å². The fraction of sp³-hybridized carbons (Fsp3) is 0. The van der Waals surface area contributed by atoms with E-state index < -0.39 is 16.0 Å². The van der Waals surface area contributed by atoms with Gasteiger partial charge in [0.2, 0.25) is 0 Å². The van der Waals surface area contributed by atoms with Crippen molar-refractivity contribution in [3.63, 3.8) is 0 Å². The normalized spacial score (nSPS) is 10.3. The second-order valence-electron chi connectivity index (χ2n) is 5.23. The number of nitrogen functional groups attached to an aromatic ring is 1. The van der Waals surface area contributed by atoms with Crippen LogP contribution in [0.5, 0.6) is 0 Å². The van der Waals surface area contributed by atoms with Gasteiger partial charge in [-0.1, -0.05) is 42.5 Å². The van der Waals surface area contributed by atoms with Gasteiger partial charge in [0, 0.05) is 16.9 Å². The Morgan fingerprint density at radius 2 is 1.42 bits per heavy atom. The minimum absolute atomic E-state index is 0.152. The average Bonchev–Trinajstić information content (AvgIpc) is 2.63. The van der Waals surface area contributed by atoms with Crippen LogP contribution in [0.4, 0.5) is 11.4 Å². The highest BCUT2D eigenvalue weighted by Gasteiger charge is 2.13. The molecule has 0 heterocycles. The summed E-state index contributed by atoms with van der Waals surface area (Å²) in [7, 11) is -4.31. The Balaban J connectivity index is 0.000000290. The fourth-order valence-electron chi connectivity index (χ4n) is 1.98. The minimum atomic E-state index is -4.31. The predicted molar refractivity (Wildman–Crippen MR) is 102 cm³/mol. The van der Waals surface area contributed by atoms with Crippen molar-refractivity contribution < 1.29 is 17.8 Å². The van der Waals surface area contributed by atoms with Gasteiger partial charge in [0.1, 0.15) is 0 Å². The smallest absolute Gasteiger partial charge is 0.294 e. The molecule has 7 heteroatoms. The molecule has 0 atom stereocenters. The van der Waals surface area contributed by atoms with Crippen molar-refractivity contribution >= 4 is 27.4 Å². The zero-order valence-electron chi connectivity index (χ0n) is 13.7. The molecular weight excluding hydrogens is 352 g/mol. The van der Waals surface area contributed by atoms with E-state index >= 15 is 0 Å². The van der Waals surface area contributed by atoms with Gasteiger partial charge in [0.15, 0.2) is 0 Å². The van der Waals surface area contributed by atoms with E-state index in [1.165, 1.54) is 18.2 Å². The predicted octanol–water partition coefficient (Wildman–Crippen LogP) is 3.45. The SMILES string of the molecule is Nc1ccccc1.O=C(Nc1ccccc1)c1cccc(S(=O)(=O)O)c1. The number of para-hydroxylation sites is 2. The summed E-state index contributed by atoms with van der Waals surface area (Å²) in [4.78, 5) is 11.6. The van der Waals surface area contributed by atoms with E-state index in [0.717, 1.165) is 11.8 Å². The molecule has 0 aliphatic heterocycles. The molecule has 1 amide bonds. The van der Waals surface area contributed by atoms with Gasteiger partial charge in [-0.25, -0.2) is 0 Å². The highest BCUT2D eigenvalue weighted by atomic mass is 32.2. The van der Waals surface area contributed by atoms with Crippen LogP contribution in [-0.2, 0) is 10.1 Å². The van der Waals surface area contributed by atoms with Crippen LogP contribution in [0.1, 0.15) is 10.4 Å². The van der Waals surface area contributed by atoms with Crippen LogP contribution in [0.3, 0.4) is 0 Å². The average molecular weight is 370 g/mol. The van der Waals surface area contributed by atoms with Crippen LogP contribution < -0.4 is 11.1 Å². The van der Waals surface area contributed by atoms with Gasteiger partial charge in [0.25, 0.3) is 16.0 Å². The first-order valence-electron chi connectivity index (χ1n) is 7.61. The van der Waals surface area contributed by atoms with E-state index in [0.29, 0.717) is 5.69 Å². The molecule has 134 valence electrons. The first kappa shape index (κ1) is 19.2. The van der Waals surface area contributed by atoms with Gasteiger partial charge >= 0.3 is 0 Å². The van der Waals surface area contributed by atoms with Crippen LogP contribution in [0, 0.1) is 0 Å². The Bertz CT molecular complexity index is 959. The number of nitrogens with one attached hydrogen (secondary N) is 1. The summed E-state index contributed by atoms with van der Waals surface area (Å²) in [6.07, 6.45) is 0. The number of hydrogen-bond donors (Lipinski definition) is 3. The number of hydrogen-bond acceptors (Lipinski definition) is 4. The lowest BCUT2D eigenvalue weighted by Gasteiger charge is -2.05. The summed E-state index contributed by atoms with van der Waals surface area (Å²) >= 11 is 0. The lowest BCUT2D eigenvalue weighted by Crippen LogP contribution is -2.12. The van der Waals surface area contributed by atoms with Gasteiger partial charge in [-0.2, -0.15) is 8.42 Å². The maximum Gasteiger partial charge on any atom is 0.294 e. The second kappa shape index (κ2) is 8.80. The molecule has 3 aromatic carbocycles. The summed E-state index contributed by atoms with van der Waals surface area (Å²) in [5.41, 5.74) is 6.93. The summed E-state index contributed by atoms with van der Waals surface area (Å²) in [6.45, 7) is 0. The molecule has 0 aromatic heterocycles. The third kappa shape index (κ3) is 6.04. The third-order valence-electron chi connectivity index (χ3n) is 3.23. The van der Waals surface area contributed by atoms with Crippen molar-refractivity contribution in [1.82, 2.24) is 0 Å². The second-order valence-corrected chi connectivity index (χ2v) is 6.66. The standard InChI is InChI=1S/C13H11NO4S.C6H7N/c15-13(14-11-6-2-1-3-7-11)10-5-4-8-12(9-10)19(16,17)18;7-6-4-2-1-3-5-6/h1-9H,(H,14,15)(H,16,17,18);1-5H,7H2. The monoisotopic (exact) mass is 370 g/mol. The van der Waals surface area contributed by atoms with E-state index in [9.17, 15) is 13.2 Å². The Kier molecular flexibility index (Phi) is 6.48. The molecule has 0 bridgehead atoms. The molecule has 0 aliphatic carbocycles. The van der Waals surface area contributed by atoms with Crippen molar-refractivity contribution in [3.05, 3.63) is 90.5 Å². The van der Waals surface area contributed by atoms with Crippen LogP contribution in [-0.4, -0.2) is 18.9 Å². The quantitative estimate of drug-likeness (QED) is 0.483. The number of carbonyl (C=O) groups excluding carboxylic acids is 1. The van der Waals surface area contributed by atoms with Crippen molar-refractivity contribution in [1.29, 1.82) is 0 Å². The number of benzene rings is 3. The Morgan fingerprint density at radius 1 is 0.846 bits per heavy atom. The van der Waals surface area contributed by atoms with Crippen LogP contribution >= 0.6 is 0 Å². The fourth-order valence-corrected chi connectivity index (χ4v) is 2.50. The number of rotatable bonds is 3. The van der Waals surface area contributed by atoms with Gasteiger partial charge in [-0.05, 0) is 42.5 Å². The van der Waals surface area contributed by atoms with E-state index in [1.807, 2.05) is 36.4 Å². The largest absolute Gasteiger partial charge is 0.399 e. The molecule has 0 saturated heterocycles. The zero-order chi connectivity index (χ0) is 19.0. The summed E-state index contributed by atoms with van der Waals surface area (Å²) in [5.74, 6) is -0.448. The third-order valence-corrected chi connectivity index (χ3v) is 4.07. The van der Waals surface area contributed by atoms with Crippen LogP contribution in [0.25, 0.3) is 0 Å². The molecule has 0 fully saturated rings. The maximum absolute atomic E-state index is 11.9. The molecule has 0 unspecified atom stereocenters. The molecular formula is C19H18N2O4S. The highest BCUT2D eigenvalue weighted by Crippen LogP contribution is 2.13. The molecule has 6 nitrogen and oxygen atoms in total. The molecule has 0 saturated carbocycles. The summed E-state index contributed by atoms with van der Waals surface area (Å²) < 4.78 is 30.9. The summed E-state index contributed by atoms with van der Waals surface area (Å²) in [5, 5.41) is 2.62. The summed E-state index contributed by atoms with van der Waals surface area (Å²) in [6, 6.07) is 23.5. The van der Waals surface area contributed by atoms with E-state index in [1.54, 1.807) is 24.3 Å². The minimum Gasteiger partial charge on any atom is -0.399 e. The molecule has 26 heavy (non-hydrogen) atoms. The Morgan fingerprint density at radius 3 is 1.92 bits per heavy atom. The van der Waals surface area contributed by atoms with Gasteiger partial charge in [-0.15, -0.1) is 0 Å². The molecule has 0 spiro atoms. The van der Waals surface area contributed by atoms with Crippen molar-refractivity contribution in [2.45, 2.75) is 4.90 Å². The molecule has 4 N–H and O–H groups in total. The zero-order valence-corrected chi connectivity index (χ0v) is 14.6. The first-order chi connectivity index (χ1) is 12.4. The Hall–Kier alpha value is -3.16. The van der Waals surface area contributed by atoms with Gasteiger partial charge in [0.05, 0.1) is 4.90 Å². The topological polar surface area (TPSA) is 109 Å². The van der Waals surface area contributed by atoms with Crippen molar-refractivity contribution in [2.24, 2.45) is 0 Å². The number of anilines is 2. The Labute approximate surface area is 152 Å².